The largest absolute Gasteiger partial charge is 0.508 e. The van der Waals surface area contributed by atoms with E-state index in [1.54, 1.807) is 0 Å². The molecule has 4 nitrogen and oxygen atoms in total. The van der Waals surface area contributed by atoms with Gasteiger partial charge in [-0.05, 0) is 37.8 Å². The molecule has 1 aliphatic rings. The first-order valence-corrected chi connectivity index (χ1v) is 5.90. The number of carboxylic acids is 1. The third-order valence-corrected chi connectivity index (χ3v) is 3.04. The molecular formula is C13H16O4. The van der Waals surface area contributed by atoms with Gasteiger partial charge in [0.25, 0.3) is 0 Å². The Balaban J connectivity index is 2.17. The van der Waals surface area contributed by atoms with Crippen LogP contribution < -0.4 is 4.74 Å². The summed E-state index contributed by atoms with van der Waals surface area (Å²) in [4.78, 5) is 11.0. The van der Waals surface area contributed by atoms with Crippen molar-refractivity contribution >= 4 is 5.97 Å². The second-order valence-corrected chi connectivity index (χ2v) is 4.36. The number of benzene rings is 1. The van der Waals surface area contributed by atoms with Gasteiger partial charge in [-0.1, -0.05) is 6.42 Å². The molecule has 1 aromatic rings. The van der Waals surface area contributed by atoms with Crippen molar-refractivity contribution in [3.63, 3.8) is 0 Å². The lowest BCUT2D eigenvalue weighted by atomic mass is 9.97. The summed E-state index contributed by atoms with van der Waals surface area (Å²) < 4.78 is 5.69. The van der Waals surface area contributed by atoms with Gasteiger partial charge in [0.05, 0.1) is 6.10 Å². The Hall–Kier alpha value is -1.71. The fourth-order valence-electron chi connectivity index (χ4n) is 2.15. The second kappa shape index (κ2) is 5.08. The maximum atomic E-state index is 11.0. The van der Waals surface area contributed by atoms with Crippen molar-refractivity contribution in [1.29, 1.82) is 0 Å². The minimum atomic E-state index is -1.03. The highest BCUT2D eigenvalue weighted by Crippen LogP contribution is 2.28. The predicted octanol–water partition coefficient (Wildman–Crippen LogP) is 2.80. The van der Waals surface area contributed by atoms with Gasteiger partial charge in [0, 0.05) is 6.07 Å². The number of aromatic carboxylic acids is 1. The van der Waals surface area contributed by atoms with E-state index >= 15 is 0 Å². The fraction of sp³-hybridized carbons (Fsp3) is 0.462. The Morgan fingerprint density at radius 3 is 2.59 bits per heavy atom. The normalized spacial score (nSPS) is 16.7. The molecule has 0 saturated heterocycles. The van der Waals surface area contributed by atoms with E-state index < -0.39 is 5.97 Å². The summed E-state index contributed by atoms with van der Waals surface area (Å²) in [7, 11) is 0. The van der Waals surface area contributed by atoms with Crippen molar-refractivity contribution in [2.75, 3.05) is 0 Å². The highest BCUT2D eigenvalue weighted by Gasteiger charge is 2.19. The quantitative estimate of drug-likeness (QED) is 0.846. The first-order chi connectivity index (χ1) is 8.16. The van der Waals surface area contributed by atoms with Crippen LogP contribution in [0, 0.1) is 0 Å². The maximum absolute atomic E-state index is 11.0. The Kier molecular flexibility index (Phi) is 3.52. The van der Waals surface area contributed by atoms with Crippen molar-refractivity contribution in [1.82, 2.24) is 0 Å². The Bertz CT molecular complexity index is 408. The molecule has 0 spiro atoms. The third-order valence-electron chi connectivity index (χ3n) is 3.04. The minimum Gasteiger partial charge on any atom is -0.508 e. The van der Waals surface area contributed by atoms with E-state index in [1.807, 2.05) is 0 Å². The van der Waals surface area contributed by atoms with Crippen molar-refractivity contribution in [3.05, 3.63) is 23.8 Å². The molecule has 1 aliphatic carbocycles. The molecular weight excluding hydrogens is 220 g/mol. The first kappa shape index (κ1) is 11.8. The summed E-state index contributed by atoms with van der Waals surface area (Å²) in [6.45, 7) is 0. The maximum Gasteiger partial charge on any atom is 0.339 e. The van der Waals surface area contributed by atoms with Gasteiger partial charge in [0.15, 0.2) is 0 Å². The summed E-state index contributed by atoms with van der Waals surface area (Å²) in [5.41, 5.74) is 0.105. The Labute approximate surface area is 99.8 Å². The van der Waals surface area contributed by atoms with Crippen molar-refractivity contribution in [2.24, 2.45) is 0 Å². The molecule has 0 aliphatic heterocycles. The van der Waals surface area contributed by atoms with Crippen LogP contribution in [0.2, 0.25) is 0 Å². The van der Waals surface area contributed by atoms with Crippen LogP contribution in [0.25, 0.3) is 0 Å². The molecule has 2 rings (SSSR count). The summed E-state index contributed by atoms with van der Waals surface area (Å²) in [6.07, 6.45) is 5.43. The number of hydrogen-bond acceptors (Lipinski definition) is 3. The minimum absolute atomic E-state index is 0.0285. The molecule has 0 atom stereocenters. The molecule has 2 N–H and O–H groups in total. The van der Waals surface area contributed by atoms with Gasteiger partial charge in [-0.2, -0.15) is 0 Å². The molecule has 17 heavy (non-hydrogen) atoms. The van der Waals surface area contributed by atoms with E-state index in [2.05, 4.69) is 0 Å². The summed E-state index contributed by atoms with van der Waals surface area (Å²) in [5.74, 6) is -0.735. The number of hydrogen-bond donors (Lipinski definition) is 2. The van der Waals surface area contributed by atoms with Crippen LogP contribution in [0.3, 0.4) is 0 Å². The molecule has 1 fully saturated rings. The van der Waals surface area contributed by atoms with Gasteiger partial charge in [0.1, 0.15) is 17.1 Å². The zero-order chi connectivity index (χ0) is 12.3. The van der Waals surface area contributed by atoms with Crippen LogP contribution in [0.4, 0.5) is 0 Å². The third kappa shape index (κ3) is 2.90. The van der Waals surface area contributed by atoms with Crippen LogP contribution in [0.5, 0.6) is 11.5 Å². The van der Waals surface area contributed by atoms with E-state index in [-0.39, 0.29) is 23.2 Å². The van der Waals surface area contributed by atoms with E-state index in [1.165, 1.54) is 24.6 Å². The van der Waals surface area contributed by atoms with E-state index in [0.29, 0.717) is 0 Å². The summed E-state index contributed by atoms with van der Waals surface area (Å²) in [6, 6.07) is 4.10. The lowest BCUT2D eigenvalue weighted by molar-refractivity contribution is 0.0686. The van der Waals surface area contributed by atoms with Crippen LogP contribution >= 0.6 is 0 Å². The number of phenols is 1. The number of ether oxygens (including phenoxy) is 1. The number of aromatic hydroxyl groups is 1. The van der Waals surface area contributed by atoms with E-state index in [0.717, 1.165) is 25.7 Å². The van der Waals surface area contributed by atoms with Gasteiger partial charge in [-0.25, -0.2) is 4.79 Å². The number of phenolic OH excluding ortho intramolecular Hbond substituents is 1. The van der Waals surface area contributed by atoms with E-state index in [9.17, 15) is 9.90 Å². The molecule has 0 unspecified atom stereocenters. The summed E-state index contributed by atoms with van der Waals surface area (Å²) in [5, 5.41) is 18.4. The highest BCUT2D eigenvalue weighted by atomic mass is 16.5. The number of rotatable bonds is 3. The first-order valence-electron chi connectivity index (χ1n) is 5.90. The molecule has 1 saturated carbocycles. The van der Waals surface area contributed by atoms with Gasteiger partial charge in [-0.15, -0.1) is 0 Å². The molecule has 0 bridgehead atoms. The Morgan fingerprint density at radius 1 is 1.24 bits per heavy atom. The van der Waals surface area contributed by atoms with Gasteiger partial charge in [0.2, 0.25) is 0 Å². The lowest BCUT2D eigenvalue weighted by Gasteiger charge is -2.23. The van der Waals surface area contributed by atoms with Crippen LogP contribution in [0.15, 0.2) is 18.2 Å². The predicted molar refractivity (Wildman–Crippen MR) is 62.6 cm³/mol. The standard InChI is InChI=1S/C13H16O4/c14-9-6-7-11(13(15)16)12(8-9)17-10-4-2-1-3-5-10/h6-8,10,14H,1-5H2,(H,15,16). The highest BCUT2D eigenvalue weighted by molar-refractivity contribution is 5.91. The van der Waals surface area contributed by atoms with Crippen molar-refractivity contribution in [3.8, 4) is 11.5 Å². The molecule has 0 aromatic heterocycles. The van der Waals surface area contributed by atoms with Gasteiger partial charge in [-0.3, -0.25) is 0 Å². The number of carboxylic acid groups (broad SMARTS) is 1. The van der Waals surface area contributed by atoms with Crippen LogP contribution in [0.1, 0.15) is 42.5 Å². The smallest absolute Gasteiger partial charge is 0.339 e. The van der Waals surface area contributed by atoms with Crippen molar-refractivity contribution < 1.29 is 19.7 Å². The molecule has 0 amide bonds. The van der Waals surface area contributed by atoms with Crippen LogP contribution in [-0.2, 0) is 0 Å². The Morgan fingerprint density at radius 2 is 1.94 bits per heavy atom. The molecule has 0 radical (unpaired) electrons. The number of carbonyl (C=O) groups is 1. The zero-order valence-electron chi connectivity index (χ0n) is 9.56. The second-order valence-electron chi connectivity index (χ2n) is 4.36. The SMILES string of the molecule is O=C(O)c1ccc(O)cc1OC1CCCCC1. The summed E-state index contributed by atoms with van der Waals surface area (Å²) >= 11 is 0. The average Bonchev–Trinajstić information content (AvgIpc) is 2.30. The fourth-order valence-corrected chi connectivity index (χ4v) is 2.15. The average molecular weight is 236 g/mol. The molecule has 4 heteroatoms. The van der Waals surface area contributed by atoms with E-state index in [4.69, 9.17) is 9.84 Å². The zero-order valence-corrected chi connectivity index (χ0v) is 9.56. The molecule has 1 aromatic carbocycles. The van der Waals surface area contributed by atoms with Gasteiger partial charge < -0.3 is 14.9 Å². The van der Waals surface area contributed by atoms with Gasteiger partial charge >= 0.3 is 5.97 Å². The molecule has 0 heterocycles. The molecule has 92 valence electrons. The lowest BCUT2D eigenvalue weighted by Crippen LogP contribution is -2.20. The van der Waals surface area contributed by atoms with Crippen molar-refractivity contribution in [2.45, 2.75) is 38.2 Å². The monoisotopic (exact) mass is 236 g/mol. The van der Waals surface area contributed by atoms with Crippen LogP contribution in [-0.4, -0.2) is 22.3 Å². The topological polar surface area (TPSA) is 66.8 Å².